The summed E-state index contributed by atoms with van der Waals surface area (Å²) in [5.41, 5.74) is 8.60. The molecule has 2 aromatic rings. The summed E-state index contributed by atoms with van der Waals surface area (Å²) in [6.45, 7) is 3.57. The Morgan fingerprint density at radius 1 is 1.14 bits per heavy atom. The van der Waals surface area contributed by atoms with Gasteiger partial charge < -0.3 is 5.73 Å². The van der Waals surface area contributed by atoms with Crippen LogP contribution in [0, 0.1) is 25.2 Å². The van der Waals surface area contributed by atoms with Crippen molar-refractivity contribution in [1.29, 1.82) is 5.26 Å². The number of nitrogens with zero attached hydrogens (tertiary/aromatic N) is 1. The van der Waals surface area contributed by atoms with Crippen LogP contribution in [0.1, 0.15) is 16.7 Å². The van der Waals surface area contributed by atoms with Crippen molar-refractivity contribution in [2.75, 3.05) is 10.5 Å². The molecule has 2 aromatic carbocycles. The summed E-state index contributed by atoms with van der Waals surface area (Å²) in [4.78, 5) is 0.0529. The van der Waals surface area contributed by atoms with Gasteiger partial charge in [0.2, 0.25) is 0 Å². The quantitative estimate of drug-likeness (QED) is 0.851. The van der Waals surface area contributed by atoms with Gasteiger partial charge in [-0.15, -0.1) is 0 Å². The van der Waals surface area contributed by atoms with Gasteiger partial charge in [-0.2, -0.15) is 5.26 Å². The van der Waals surface area contributed by atoms with Crippen molar-refractivity contribution < 1.29 is 8.42 Å². The minimum atomic E-state index is -3.75. The number of aryl methyl sites for hydroxylation is 2. The fourth-order valence-corrected chi connectivity index (χ4v) is 3.33. The van der Waals surface area contributed by atoms with Crippen LogP contribution in [0.25, 0.3) is 0 Å². The smallest absolute Gasteiger partial charge is 0.261 e. The SMILES string of the molecule is Cc1cc(N)cc(C)c1NS(=O)(=O)c1cccc(C#N)c1. The fraction of sp³-hybridized carbons (Fsp3) is 0.133. The summed E-state index contributed by atoms with van der Waals surface area (Å²) in [5.74, 6) is 0. The molecule has 0 atom stereocenters. The number of nitrogens with one attached hydrogen (secondary N) is 1. The zero-order valence-corrected chi connectivity index (χ0v) is 12.5. The lowest BCUT2D eigenvalue weighted by Crippen LogP contribution is -2.15. The van der Waals surface area contributed by atoms with Crippen molar-refractivity contribution in [2.45, 2.75) is 18.7 Å². The van der Waals surface area contributed by atoms with E-state index < -0.39 is 10.0 Å². The molecule has 5 nitrogen and oxygen atoms in total. The first-order chi connectivity index (χ1) is 9.83. The second kappa shape index (κ2) is 5.46. The average Bonchev–Trinajstić information content (AvgIpc) is 2.43. The Kier molecular flexibility index (Phi) is 3.87. The summed E-state index contributed by atoms with van der Waals surface area (Å²) >= 11 is 0. The number of hydrogen-bond donors (Lipinski definition) is 2. The molecule has 0 spiro atoms. The first-order valence-electron chi connectivity index (χ1n) is 6.23. The molecule has 3 N–H and O–H groups in total. The largest absolute Gasteiger partial charge is 0.399 e. The standard InChI is InChI=1S/C15H15N3O2S/c1-10-6-13(17)7-11(2)15(10)18-21(19,20)14-5-3-4-12(8-14)9-16/h3-8,18H,17H2,1-2H3. The highest BCUT2D eigenvalue weighted by molar-refractivity contribution is 7.92. The molecule has 0 fully saturated rings. The normalized spacial score (nSPS) is 10.9. The second-order valence-electron chi connectivity index (χ2n) is 4.77. The molecule has 0 aliphatic carbocycles. The number of nitriles is 1. The number of nitrogen functional groups attached to an aromatic ring is 1. The van der Waals surface area contributed by atoms with Crippen LogP contribution >= 0.6 is 0 Å². The van der Waals surface area contributed by atoms with Crippen LogP contribution < -0.4 is 10.5 Å². The summed E-state index contributed by atoms with van der Waals surface area (Å²) in [6.07, 6.45) is 0. The predicted molar refractivity (Wildman–Crippen MR) is 82.3 cm³/mol. The monoisotopic (exact) mass is 301 g/mol. The molecule has 0 unspecified atom stereocenters. The minimum Gasteiger partial charge on any atom is -0.399 e. The molecule has 0 bridgehead atoms. The van der Waals surface area contributed by atoms with E-state index in [1.165, 1.54) is 18.2 Å². The molecule has 0 aliphatic rings. The third kappa shape index (κ3) is 3.15. The lowest BCUT2D eigenvalue weighted by atomic mass is 10.1. The average molecular weight is 301 g/mol. The predicted octanol–water partition coefficient (Wildman–Crippen LogP) is 2.56. The highest BCUT2D eigenvalue weighted by Gasteiger charge is 2.17. The highest BCUT2D eigenvalue weighted by atomic mass is 32.2. The summed E-state index contributed by atoms with van der Waals surface area (Å²) in [6, 6.07) is 11.2. The minimum absolute atomic E-state index is 0.0529. The van der Waals surface area contributed by atoms with Crippen LogP contribution in [-0.2, 0) is 10.0 Å². The Morgan fingerprint density at radius 2 is 1.76 bits per heavy atom. The van der Waals surface area contributed by atoms with Gasteiger partial charge in [-0.25, -0.2) is 8.42 Å². The maximum atomic E-state index is 12.4. The van der Waals surface area contributed by atoms with Crippen LogP contribution in [0.3, 0.4) is 0 Å². The zero-order chi connectivity index (χ0) is 15.6. The van der Waals surface area contributed by atoms with Crippen LogP contribution in [-0.4, -0.2) is 8.42 Å². The van der Waals surface area contributed by atoms with Crippen molar-refractivity contribution in [3.05, 3.63) is 53.1 Å². The first kappa shape index (κ1) is 14.9. The Morgan fingerprint density at radius 3 is 2.33 bits per heavy atom. The maximum Gasteiger partial charge on any atom is 0.261 e. The summed E-state index contributed by atoms with van der Waals surface area (Å²) in [5, 5.41) is 8.86. The van der Waals surface area contributed by atoms with E-state index in [0.717, 1.165) is 11.1 Å². The molecule has 0 saturated heterocycles. The van der Waals surface area contributed by atoms with Gasteiger partial charge >= 0.3 is 0 Å². The van der Waals surface area contributed by atoms with Gasteiger partial charge in [-0.05, 0) is 55.3 Å². The number of hydrogen-bond acceptors (Lipinski definition) is 4. The number of nitrogens with two attached hydrogens (primary N) is 1. The molecular weight excluding hydrogens is 286 g/mol. The molecule has 108 valence electrons. The van der Waals surface area contributed by atoms with Crippen LogP contribution in [0.2, 0.25) is 0 Å². The van der Waals surface area contributed by atoms with Gasteiger partial charge in [-0.1, -0.05) is 6.07 Å². The number of benzene rings is 2. The van der Waals surface area contributed by atoms with Crippen molar-refractivity contribution >= 4 is 21.4 Å². The molecule has 6 heteroatoms. The fourth-order valence-electron chi connectivity index (χ4n) is 2.08. The summed E-state index contributed by atoms with van der Waals surface area (Å²) in [7, 11) is -3.75. The van der Waals surface area contributed by atoms with Crippen molar-refractivity contribution in [2.24, 2.45) is 0 Å². The van der Waals surface area contributed by atoms with Gasteiger partial charge in [-0.3, -0.25) is 4.72 Å². The van der Waals surface area contributed by atoms with E-state index in [4.69, 9.17) is 11.0 Å². The molecule has 21 heavy (non-hydrogen) atoms. The number of rotatable bonds is 3. The number of sulfonamides is 1. The first-order valence-corrected chi connectivity index (χ1v) is 7.71. The molecular formula is C15H15N3O2S. The van der Waals surface area contributed by atoms with E-state index in [-0.39, 0.29) is 4.90 Å². The maximum absolute atomic E-state index is 12.4. The second-order valence-corrected chi connectivity index (χ2v) is 6.46. The van der Waals surface area contributed by atoms with Crippen molar-refractivity contribution in [3.8, 4) is 6.07 Å². The van der Waals surface area contributed by atoms with Gasteiger partial charge in [0.1, 0.15) is 0 Å². The Labute approximate surface area is 124 Å². The summed E-state index contributed by atoms with van der Waals surface area (Å²) < 4.78 is 27.4. The van der Waals surface area contributed by atoms with E-state index in [9.17, 15) is 8.42 Å². The van der Waals surface area contributed by atoms with Crippen molar-refractivity contribution in [1.82, 2.24) is 0 Å². The van der Waals surface area contributed by atoms with E-state index in [2.05, 4.69) is 4.72 Å². The Hall–Kier alpha value is -2.52. The van der Waals surface area contributed by atoms with E-state index in [1.54, 1.807) is 32.0 Å². The Balaban J connectivity index is 2.45. The zero-order valence-electron chi connectivity index (χ0n) is 11.7. The molecule has 0 amide bonds. The van der Waals surface area contributed by atoms with Crippen molar-refractivity contribution in [3.63, 3.8) is 0 Å². The topological polar surface area (TPSA) is 96.0 Å². The van der Waals surface area contributed by atoms with Gasteiger partial charge in [0.25, 0.3) is 10.0 Å². The molecule has 0 saturated carbocycles. The van der Waals surface area contributed by atoms with Gasteiger partial charge in [0, 0.05) is 5.69 Å². The molecule has 0 aliphatic heterocycles. The van der Waals surface area contributed by atoms with E-state index in [0.29, 0.717) is 16.9 Å². The third-order valence-corrected chi connectivity index (χ3v) is 4.41. The number of anilines is 2. The van der Waals surface area contributed by atoms with Crippen LogP contribution in [0.5, 0.6) is 0 Å². The van der Waals surface area contributed by atoms with E-state index >= 15 is 0 Å². The molecule has 0 heterocycles. The highest BCUT2D eigenvalue weighted by Crippen LogP contribution is 2.26. The Bertz CT molecular complexity index is 813. The molecule has 2 rings (SSSR count). The van der Waals surface area contributed by atoms with E-state index in [1.807, 2.05) is 6.07 Å². The lowest BCUT2D eigenvalue weighted by molar-refractivity contribution is 0.601. The molecule has 0 aromatic heterocycles. The lowest BCUT2D eigenvalue weighted by Gasteiger charge is -2.14. The van der Waals surface area contributed by atoms with Gasteiger partial charge in [0.05, 0.1) is 22.2 Å². The van der Waals surface area contributed by atoms with Crippen LogP contribution in [0.15, 0.2) is 41.3 Å². The van der Waals surface area contributed by atoms with Gasteiger partial charge in [0.15, 0.2) is 0 Å². The molecule has 0 radical (unpaired) electrons. The van der Waals surface area contributed by atoms with Crippen LogP contribution in [0.4, 0.5) is 11.4 Å². The third-order valence-electron chi connectivity index (χ3n) is 3.06.